The van der Waals surface area contributed by atoms with Crippen molar-refractivity contribution in [3.8, 4) is 0 Å². The molecule has 2 rings (SSSR count). The van der Waals surface area contributed by atoms with Crippen LogP contribution in [-0.2, 0) is 4.79 Å². The molecule has 0 bridgehead atoms. The van der Waals surface area contributed by atoms with Crippen LogP contribution in [0.3, 0.4) is 0 Å². The minimum atomic E-state index is -0.767. The van der Waals surface area contributed by atoms with Gasteiger partial charge in [-0.25, -0.2) is 0 Å². The number of aliphatic carboxylic acids is 1. The number of hydrogen-bond acceptors (Lipinski definition) is 2. The lowest BCUT2D eigenvalue weighted by Gasteiger charge is -2.19. The van der Waals surface area contributed by atoms with Gasteiger partial charge < -0.3 is 10.8 Å². The standard InChI is InChI=1S/C12H15NO2/c1-8-3-2-4-9(7-8)10(13)12(5-6-12)11(14)15/h2-4,7,10H,5-6,13H2,1H3,(H,14,15). The smallest absolute Gasteiger partial charge is 0.311 e. The summed E-state index contributed by atoms with van der Waals surface area (Å²) in [6.45, 7) is 1.98. The molecule has 1 fully saturated rings. The van der Waals surface area contributed by atoms with Crippen molar-refractivity contribution in [1.82, 2.24) is 0 Å². The Morgan fingerprint density at radius 1 is 1.53 bits per heavy atom. The summed E-state index contributed by atoms with van der Waals surface area (Å²) >= 11 is 0. The second-order valence-corrected chi connectivity index (χ2v) is 4.35. The van der Waals surface area contributed by atoms with E-state index in [1.807, 2.05) is 31.2 Å². The van der Waals surface area contributed by atoms with Crippen molar-refractivity contribution in [2.24, 2.45) is 11.1 Å². The van der Waals surface area contributed by atoms with Crippen molar-refractivity contribution in [1.29, 1.82) is 0 Å². The van der Waals surface area contributed by atoms with E-state index >= 15 is 0 Å². The summed E-state index contributed by atoms with van der Waals surface area (Å²) in [6.07, 6.45) is 1.38. The van der Waals surface area contributed by atoms with Gasteiger partial charge in [-0.15, -0.1) is 0 Å². The molecular weight excluding hydrogens is 190 g/mol. The van der Waals surface area contributed by atoms with Crippen LogP contribution in [0.25, 0.3) is 0 Å². The molecule has 0 heterocycles. The normalized spacial score (nSPS) is 19.6. The third-order valence-electron chi connectivity index (χ3n) is 3.21. The lowest BCUT2D eigenvalue weighted by molar-refractivity contribution is -0.144. The highest BCUT2D eigenvalue weighted by Gasteiger charge is 2.55. The topological polar surface area (TPSA) is 63.3 Å². The van der Waals surface area contributed by atoms with E-state index in [0.29, 0.717) is 12.8 Å². The van der Waals surface area contributed by atoms with Crippen LogP contribution in [0, 0.1) is 12.3 Å². The summed E-state index contributed by atoms with van der Waals surface area (Å²) in [5.41, 5.74) is 7.36. The molecule has 0 aromatic heterocycles. The summed E-state index contributed by atoms with van der Waals surface area (Å²) < 4.78 is 0. The van der Waals surface area contributed by atoms with Gasteiger partial charge in [0.1, 0.15) is 0 Å². The molecule has 3 nitrogen and oxygen atoms in total. The molecule has 0 amide bonds. The number of carboxylic acid groups (broad SMARTS) is 1. The third kappa shape index (κ3) is 1.63. The van der Waals surface area contributed by atoms with Crippen LogP contribution in [0.1, 0.15) is 30.0 Å². The molecule has 1 atom stereocenters. The van der Waals surface area contributed by atoms with E-state index in [1.165, 1.54) is 0 Å². The van der Waals surface area contributed by atoms with Gasteiger partial charge >= 0.3 is 5.97 Å². The van der Waals surface area contributed by atoms with E-state index in [2.05, 4.69) is 0 Å². The summed E-state index contributed by atoms with van der Waals surface area (Å²) in [6, 6.07) is 7.39. The summed E-state index contributed by atoms with van der Waals surface area (Å²) in [5.74, 6) is -0.767. The predicted molar refractivity (Wildman–Crippen MR) is 57.4 cm³/mol. The Bertz CT molecular complexity index is 396. The molecule has 1 aromatic rings. The summed E-state index contributed by atoms with van der Waals surface area (Å²) in [4.78, 5) is 11.1. The first-order valence-electron chi connectivity index (χ1n) is 5.12. The maximum atomic E-state index is 11.1. The van der Waals surface area contributed by atoms with Gasteiger partial charge in [-0.2, -0.15) is 0 Å². The van der Waals surface area contributed by atoms with Gasteiger partial charge in [0, 0.05) is 6.04 Å². The summed E-state index contributed by atoms with van der Waals surface area (Å²) in [7, 11) is 0. The van der Waals surface area contributed by atoms with E-state index in [4.69, 9.17) is 10.8 Å². The second kappa shape index (κ2) is 3.35. The number of carbonyl (C=O) groups is 1. The van der Waals surface area contributed by atoms with Crippen LogP contribution < -0.4 is 5.73 Å². The second-order valence-electron chi connectivity index (χ2n) is 4.35. The number of benzene rings is 1. The summed E-state index contributed by atoms with van der Waals surface area (Å²) in [5, 5.41) is 9.12. The molecule has 1 aromatic carbocycles. The number of hydrogen-bond donors (Lipinski definition) is 2. The first kappa shape index (κ1) is 10.2. The molecule has 0 saturated heterocycles. The molecule has 1 saturated carbocycles. The Morgan fingerprint density at radius 3 is 2.67 bits per heavy atom. The molecule has 80 valence electrons. The minimum absolute atomic E-state index is 0.380. The Hall–Kier alpha value is -1.35. The highest BCUT2D eigenvalue weighted by molar-refractivity contribution is 5.79. The van der Waals surface area contributed by atoms with Gasteiger partial charge in [0.2, 0.25) is 0 Å². The largest absolute Gasteiger partial charge is 0.481 e. The molecule has 0 radical (unpaired) electrons. The monoisotopic (exact) mass is 205 g/mol. The van der Waals surface area contributed by atoms with Crippen molar-refractivity contribution < 1.29 is 9.90 Å². The van der Waals surface area contributed by atoms with Crippen LogP contribution in [0.5, 0.6) is 0 Å². The average Bonchev–Trinajstić information content (AvgIpc) is 2.97. The van der Waals surface area contributed by atoms with E-state index < -0.39 is 11.4 Å². The van der Waals surface area contributed by atoms with Gasteiger partial charge in [-0.1, -0.05) is 29.8 Å². The van der Waals surface area contributed by atoms with Crippen molar-refractivity contribution in [3.05, 3.63) is 35.4 Å². The zero-order chi connectivity index (χ0) is 11.1. The molecule has 1 unspecified atom stereocenters. The maximum absolute atomic E-state index is 11.1. The van der Waals surface area contributed by atoms with E-state index in [-0.39, 0.29) is 6.04 Å². The zero-order valence-electron chi connectivity index (χ0n) is 8.73. The van der Waals surface area contributed by atoms with Gasteiger partial charge in [-0.05, 0) is 25.3 Å². The molecule has 1 aliphatic rings. The lowest BCUT2D eigenvalue weighted by Crippen LogP contribution is -2.29. The first-order valence-corrected chi connectivity index (χ1v) is 5.12. The fraction of sp³-hybridized carbons (Fsp3) is 0.417. The van der Waals surface area contributed by atoms with Crippen LogP contribution in [-0.4, -0.2) is 11.1 Å². The van der Waals surface area contributed by atoms with Gasteiger partial charge in [0.15, 0.2) is 0 Å². The Balaban J connectivity index is 2.29. The molecular formula is C12H15NO2. The fourth-order valence-corrected chi connectivity index (χ4v) is 1.98. The number of rotatable bonds is 3. The fourth-order valence-electron chi connectivity index (χ4n) is 1.98. The maximum Gasteiger partial charge on any atom is 0.311 e. The van der Waals surface area contributed by atoms with E-state index in [1.54, 1.807) is 0 Å². The molecule has 0 spiro atoms. The number of aryl methyl sites for hydroxylation is 1. The van der Waals surface area contributed by atoms with Gasteiger partial charge in [0.05, 0.1) is 5.41 Å². The molecule has 3 N–H and O–H groups in total. The molecule has 1 aliphatic carbocycles. The Kier molecular flexibility index (Phi) is 2.27. The Labute approximate surface area is 88.9 Å². The quantitative estimate of drug-likeness (QED) is 0.791. The van der Waals surface area contributed by atoms with Crippen LogP contribution in [0.15, 0.2) is 24.3 Å². The molecule has 0 aliphatic heterocycles. The molecule has 15 heavy (non-hydrogen) atoms. The van der Waals surface area contributed by atoms with Gasteiger partial charge in [-0.3, -0.25) is 4.79 Å². The van der Waals surface area contributed by atoms with Crippen LogP contribution in [0.2, 0.25) is 0 Å². The predicted octanol–water partition coefficient (Wildman–Crippen LogP) is 1.86. The van der Waals surface area contributed by atoms with Crippen molar-refractivity contribution >= 4 is 5.97 Å². The lowest BCUT2D eigenvalue weighted by atomic mass is 9.90. The minimum Gasteiger partial charge on any atom is -0.481 e. The first-order chi connectivity index (χ1) is 7.06. The van der Waals surface area contributed by atoms with Gasteiger partial charge in [0.25, 0.3) is 0 Å². The van der Waals surface area contributed by atoms with E-state index in [0.717, 1.165) is 11.1 Å². The van der Waals surface area contributed by atoms with Crippen LogP contribution in [0.4, 0.5) is 0 Å². The SMILES string of the molecule is Cc1cccc(C(N)C2(C(=O)O)CC2)c1. The number of carboxylic acids is 1. The average molecular weight is 205 g/mol. The third-order valence-corrected chi connectivity index (χ3v) is 3.21. The van der Waals surface area contributed by atoms with Crippen molar-refractivity contribution in [3.63, 3.8) is 0 Å². The Morgan fingerprint density at radius 2 is 2.20 bits per heavy atom. The van der Waals surface area contributed by atoms with Crippen LogP contribution >= 0.6 is 0 Å². The molecule has 3 heteroatoms. The van der Waals surface area contributed by atoms with Crippen molar-refractivity contribution in [2.75, 3.05) is 0 Å². The zero-order valence-corrected chi connectivity index (χ0v) is 8.73. The highest BCUT2D eigenvalue weighted by atomic mass is 16.4. The van der Waals surface area contributed by atoms with Crippen molar-refractivity contribution in [2.45, 2.75) is 25.8 Å². The highest BCUT2D eigenvalue weighted by Crippen LogP contribution is 2.54. The number of nitrogens with two attached hydrogens (primary N) is 1. The van der Waals surface area contributed by atoms with E-state index in [9.17, 15) is 4.79 Å².